The van der Waals surface area contributed by atoms with E-state index in [4.69, 9.17) is 17.0 Å². The lowest BCUT2D eigenvalue weighted by Gasteiger charge is -2.14. The number of thiocarbonyl (C=S) groups is 1. The van der Waals surface area contributed by atoms with Crippen molar-refractivity contribution in [3.05, 3.63) is 89.5 Å². The number of nitrogens with zero attached hydrogens (tertiary/aromatic N) is 1. The van der Waals surface area contributed by atoms with Crippen molar-refractivity contribution in [1.29, 1.82) is 0 Å². The molecule has 7 nitrogen and oxygen atoms in total. The molecule has 1 heterocycles. The van der Waals surface area contributed by atoms with Gasteiger partial charge in [0.1, 0.15) is 5.75 Å². The number of carbonyl (C=O) groups excluding carboxylic acids is 3. The number of carbonyl (C=O) groups is 3. The van der Waals surface area contributed by atoms with E-state index < -0.39 is 17.7 Å². The van der Waals surface area contributed by atoms with Crippen molar-refractivity contribution in [3.8, 4) is 5.75 Å². The maximum absolute atomic E-state index is 13.1. The molecule has 1 aliphatic rings. The number of anilines is 2. The van der Waals surface area contributed by atoms with E-state index in [1.54, 1.807) is 66.7 Å². The highest BCUT2D eigenvalue weighted by Gasteiger charge is 2.38. The first-order valence-electron chi connectivity index (χ1n) is 10.4. The lowest BCUT2D eigenvalue weighted by atomic mass is 10.1. The highest BCUT2D eigenvalue weighted by molar-refractivity contribution is 7.80. The van der Waals surface area contributed by atoms with Crippen LogP contribution in [-0.4, -0.2) is 29.4 Å². The number of hydrogen-bond acceptors (Lipinski definition) is 5. The number of fused-ring (bicyclic) bond motifs is 1. The number of rotatable bonds is 6. The van der Waals surface area contributed by atoms with Crippen molar-refractivity contribution in [2.75, 3.05) is 16.8 Å². The molecule has 0 aliphatic carbocycles. The molecule has 0 saturated carbocycles. The Morgan fingerprint density at radius 3 is 2.36 bits per heavy atom. The lowest BCUT2D eigenvalue weighted by molar-refractivity contribution is 0.0924. The van der Waals surface area contributed by atoms with E-state index >= 15 is 0 Å². The highest BCUT2D eigenvalue weighted by Crippen LogP contribution is 2.32. The van der Waals surface area contributed by atoms with Crippen LogP contribution in [0.2, 0.25) is 0 Å². The number of hydrogen-bond donors (Lipinski definition) is 2. The molecule has 0 fully saturated rings. The molecule has 3 aromatic carbocycles. The van der Waals surface area contributed by atoms with E-state index in [-0.39, 0.29) is 16.2 Å². The molecule has 0 atom stereocenters. The average molecular weight is 460 g/mol. The SMILES string of the molecule is CCCOc1ccc(C(=O)NC(=S)Nc2cccc3c2C(=O)N(c2ccccc2)C3=O)cc1. The standard InChI is InChI=1S/C25H21N3O4S/c1-2-15-32-18-13-11-16(12-14-18)22(29)27-25(33)26-20-10-6-9-19-21(20)24(31)28(23(19)30)17-7-4-3-5-8-17/h3-14H,2,15H2,1H3,(H2,26,27,29,33). The van der Waals surface area contributed by atoms with Crippen molar-refractivity contribution in [3.63, 3.8) is 0 Å². The zero-order valence-corrected chi connectivity index (χ0v) is 18.6. The fourth-order valence-corrected chi connectivity index (χ4v) is 3.66. The Labute approximate surface area is 196 Å². The van der Waals surface area contributed by atoms with Crippen LogP contribution in [0.3, 0.4) is 0 Å². The third-order valence-corrected chi connectivity index (χ3v) is 5.20. The summed E-state index contributed by atoms with van der Waals surface area (Å²) in [6, 6.07) is 20.3. The van der Waals surface area contributed by atoms with Gasteiger partial charge in [-0.2, -0.15) is 0 Å². The van der Waals surface area contributed by atoms with Crippen LogP contribution in [0.25, 0.3) is 0 Å². The lowest BCUT2D eigenvalue weighted by Crippen LogP contribution is -2.34. The van der Waals surface area contributed by atoms with E-state index in [2.05, 4.69) is 10.6 Å². The van der Waals surface area contributed by atoms with Gasteiger partial charge in [0, 0.05) is 5.56 Å². The molecule has 1 aliphatic heterocycles. The molecule has 0 saturated heterocycles. The van der Waals surface area contributed by atoms with Crippen LogP contribution < -0.4 is 20.3 Å². The number of amides is 3. The monoisotopic (exact) mass is 459 g/mol. The molecule has 0 aromatic heterocycles. The summed E-state index contributed by atoms with van der Waals surface area (Å²) in [5.74, 6) is -0.596. The van der Waals surface area contributed by atoms with E-state index in [0.717, 1.165) is 11.3 Å². The molecular formula is C25H21N3O4S. The fraction of sp³-hybridized carbons (Fsp3) is 0.120. The van der Waals surface area contributed by atoms with Crippen molar-refractivity contribution in [1.82, 2.24) is 5.32 Å². The summed E-state index contributed by atoms with van der Waals surface area (Å²) in [7, 11) is 0. The summed E-state index contributed by atoms with van der Waals surface area (Å²) in [6.07, 6.45) is 0.891. The first-order valence-corrected chi connectivity index (χ1v) is 10.8. The molecule has 166 valence electrons. The van der Waals surface area contributed by atoms with Gasteiger partial charge >= 0.3 is 0 Å². The molecule has 3 amide bonds. The zero-order chi connectivity index (χ0) is 23.4. The maximum Gasteiger partial charge on any atom is 0.268 e. The molecule has 0 bridgehead atoms. The summed E-state index contributed by atoms with van der Waals surface area (Å²) >= 11 is 5.28. The minimum absolute atomic E-state index is 0.0121. The van der Waals surface area contributed by atoms with E-state index in [0.29, 0.717) is 29.3 Å². The molecule has 0 unspecified atom stereocenters. The number of benzene rings is 3. The second kappa shape index (κ2) is 9.62. The molecule has 0 spiro atoms. The first-order chi connectivity index (χ1) is 16.0. The Balaban J connectivity index is 1.48. The number of ether oxygens (including phenoxy) is 1. The van der Waals surface area contributed by atoms with Gasteiger partial charge in [0.05, 0.1) is 29.1 Å². The zero-order valence-electron chi connectivity index (χ0n) is 17.8. The Kier molecular flexibility index (Phi) is 6.46. The highest BCUT2D eigenvalue weighted by atomic mass is 32.1. The van der Waals surface area contributed by atoms with Crippen LogP contribution in [0.5, 0.6) is 5.75 Å². The quantitative estimate of drug-likeness (QED) is 0.420. The summed E-state index contributed by atoms with van der Waals surface area (Å²) in [5.41, 5.74) is 1.71. The Morgan fingerprint density at radius 1 is 0.939 bits per heavy atom. The molecule has 8 heteroatoms. The van der Waals surface area contributed by atoms with Crippen LogP contribution in [0.1, 0.15) is 44.4 Å². The Morgan fingerprint density at radius 2 is 1.67 bits per heavy atom. The third-order valence-electron chi connectivity index (χ3n) is 4.99. The van der Waals surface area contributed by atoms with Gasteiger partial charge in [-0.05, 0) is 67.2 Å². The first kappa shape index (κ1) is 22.2. The molecule has 3 aromatic rings. The molecule has 2 N–H and O–H groups in total. The van der Waals surface area contributed by atoms with Gasteiger partial charge in [0.15, 0.2) is 5.11 Å². The summed E-state index contributed by atoms with van der Waals surface area (Å²) in [4.78, 5) is 39.6. The summed E-state index contributed by atoms with van der Waals surface area (Å²) in [5, 5.41) is 5.49. The average Bonchev–Trinajstić information content (AvgIpc) is 3.09. The molecule has 33 heavy (non-hydrogen) atoms. The predicted molar refractivity (Wildman–Crippen MR) is 130 cm³/mol. The van der Waals surface area contributed by atoms with Gasteiger partial charge in [-0.15, -0.1) is 0 Å². The van der Waals surface area contributed by atoms with Crippen molar-refractivity contribution < 1.29 is 19.1 Å². The van der Waals surface area contributed by atoms with Crippen LogP contribution in [-0.2, 0) is 0 Å². The smallest absolute Gasteiger partial charge is 0.268 e. The Hall–Kier alpha value is -4.04. The number of nitrogens with one attached hydrogen (secondary N) is 2. The molecular weight excluding hydrogens is 438 g/mol. The van der Waals surface area contributed by atoms with Gasteiger partial charge in [-0.25, -0.2) is 4.90 Å². The van der Waals surface area contributed by atoms with Gasteiger partial charge in [0.2, 0.25) is 0 Å². The summed E-state index contributed by atoms with van der Waals surface area (Å²) in [6.45, 7) is 2.62. The van der Waals surface area contributed by atoms with E-state index in [1.807, 2.05) is 13.0 Å². The predicted octanol–water partition coefficient (Wildman–Crippen LogP) is 4.40. The molecule has 0 radical (unpaired) electrons. The van der Waals surface area contributed by atoms with Crippen LogP contribution in [0, 0.1) is 0 Å². The van der Waals surface area contributed by atoms with Crippen LogP contribution >= 0.6 is 12.2 Å². The van der Waals surface area contributed by atoms with Gasteiger partial charge in [0.25, 0.3) is 17.7 Å². The van der Waals surface area contributed by atoms with Gasteiger partial charge in [-0.1, -0.05) is 31.2 Å². The minimum atomic E-state index is -0.457. The largest absolute Gasteiger partial charge is 0.494 e. The molecule has 4 rings (SSSR count). The van der Waals surface area contributed by atoms with Gasteiger partial charge in [-0.3, -0.25) is 19.7 Å². The van der Waals surface area contributed by atoms with Crippen LogP contribution in [0.15, 0.2) is 72.8 Å². The maximum atomic E-state index is 13.1. The topological polar surface area (TPSA) is 87.7 Å². The Bertz CT molecular complexity index is 1230. The van der Waals surface area contributed by atoms with Gasteiger partial charge < -0.3 is 10.1 Å². The number of imide groups is 1. The summed E-state index contributed by atoms with van der Waals surface area (Å²) < 4.78 is 5.52. The third kappa shape index (κ3) is 4.61. The second-order valence-electron chi connectivity index (χ2n) is 7.29. The number of para-hydroxylation sites is 1. The van der Waals surface area contributed by atoms with Crippen molar-refractivity contribution in [2.24, 2.45) is 0 Å². The van der Waals surface area contributed by atoms with Crippen molar-refractivity contribution in [2.45, 2.75) is 13.3 Å². The van der Waals surface area contributed by atoms with Crippen LogP contribution in [0.4, 0.5) is 11.4 Å². The second-order valence-corrected chi connectivity index (χ2v) is 7.70. The fourth-order valence-electron chi connectivity index (χ4n) is 3.45. The normalized spacial score (nSPS) is 12.3. The minimum Gasteiger partial charge on any atom is -0.494 e. The van der Waals surface area contributed by atoms with E-state index in [9.17, 15) is 14.4 Å². The van der Waals surface area contributed by atoms with E-state index in [1.165, 1.54) is 0 Å². The van der Waals surface area contributed by atoms with Crippen molar-refractivity contribution >= 4 is 46.4 Å².